The average molecular weight is 261 g/mol. The maximum absolute atomic E-state index is 11.5. The predicted octanol–water partition coefficient (Wildman–Crippen LogP) is 2.74. The van der Waals surface area contributed by atoms with Gasteiger partial charge in [-0.3, -0.25) is 0 Å². The molecule has 0 amide bonds. The first-order valence-electron chi connectivity index (χ1n) is 6.89. The first-order chi connectivity index (χ1) is 9.06. The van der Waals surface area contributed by atoms with Crippen molar-refractivity contribution in [3.8, 4) is 0 Å². The van der Waals surface area contributed by atoms with Crippen LogP contribution in [0.3, 0.4) is 0 Å². The van der Waals surface area contributed by atoms with Gasteiger partial charge >= 0.3 is 0 Å². The van der Waals surface area contributed by atoms with Gasteiger partial charge in [0.2, 0.25) is 0 Å². The molecule has 1 aromatic rings. The number of rotatable bonds is 4. The number of anilines is 1. The molecule has 1 aliphatic heterocycles. The summed E-state index contributed by atoms with van der Waals surface area (Å²) in [6.07, 6.45) is 2.78. The lowest BCUT2D eigenvalue weighted by molar-refractivity contribution is -0.120. The van der Waals surface area contributed by atoms with Gasteiger partial charge in [0.25, 0.3) is 0 Å². The van der Waals surface area contributed by atoms with Gasteiger partial charge in [0.15, 0.2) is 0 Å². The quantitative estimate of drug-likeness (QED) is 0.781. The Morgan fingerprint density at radius 1 is 1.32 bits per heavy atom. The van der Waals surface area contributed by atoms with Crippen LogP contribution in [0.4, 0.5) is 5.69 Å². The minimum absolute atomic E-state index is 0.246. The van der Waals surface area contributed by atoms with Crippen LogP contribution in [0.1, 0.15) is 24.0 Å². The summed E-state index contributed by atoms with van der Waals surface area (Å²) in [5.41, 5.74) is 3.49. The summed E-state index contributed by atoms with van der Waals surface area (Å²) in [6, 6.07) is 6.45. The third-order valence-electron chi connectivity index (χ3n) is 4.05. The number of ether oxygens (including phenoxy) is 1. The first kappa shape index (κ1) is 14.1. The number of benzene rings is 1. The van der Waals surface area contributed by atoms with Crippen LogP contribution in [0.2, 0.25) is 0 Å². The van der Waals surface area contributed by atoms with Crippen molar-refractivity contribution in [1.82, 2.24) is 0 Å². The maximum atomic E-state index is 11.5. The van der Waals surface area contributed by atoms with Crippen molar-refractivity contribution in [1.29, 1.82) is 0 Å². The van der Waals surface area contributed by atoms with E-state index in [-0.39, 0.29) is 5.41 Å². The molecule has 1 fully saturated rings. The highest BCUT2D eigenvalue weighted by Crippen LogP contribution is 2.31. The Kier molecular flexibility index (Phi) is 4.25. The molecule has 3 nitrogen and oxygen atoms in total. The molecule has 104 valence electrons. The summed E-state index contributed by atoms with van der Waals surface area (Å²) < 4.78 is 5.38. The lowest BCUT2D eigenvalue weighted by Gasteiger charge is -2.36. The van der Waals surface area contributed by atoms with E-state index in [1.807, 2.05) is 0 Å². The molecule has 2 rings (SSSR count). The molecule has 0 bridgehead atoms. The maximum Gasteiger partial charge on any atom is 0.128 e. The summed E-state index contributed by atoms with van der Waals surface area (Å²) in [5.74, 6) is 0. The van der Waals surface area contributed by atoms with Crippen LogP contribution in [-0.4, -0.2) is 33.1 Å². The summed E-state index contributed by atoms with van der Waals surface area (Å²) in [6.45, 7) is 6.38. The van der Waals surface area contributed by atoms with Gasteiger partial charge in [0, 0.05) is 37.9 Å². The lowest BCUT2D eigenvalue weighted by Crippen LogP contribution is -2.41. The van der Waals surface area contributed by atoms with Crippen molar-refractivity contribution >= 4 is 12.0 Å². The monoisotopic (exact) mass is 261 g/mol. The molecule has 0 radical (unpaired) electrons. The molecular formula is C16H23NO2. The SMILES string of the molecule is Cc1ccc(N(C)CC2(C=O)CCOCC2)c(C)c1. The topological polar surface area (TPSA) is 29.5 Å². The van der Waals surface area contributed by atoms with E-state index in [0.717, 1.165) is 25.7 Å². The molecule has 3 heteroatoms. The molecule has 0 saturated carbocycles. The van der Waals surface area contributed by atoms with E-state index >= 15 is 0 Å². The van der Waals surface area contributed by atoms with Gasteiger partial charge < -0.3 is 14.4 Å². The number of aryl methyl sites for hydroxylation is 2. The molecule has 0 unspecified atom stereocenters. The van der Waals surface area contributed by atoms with Crippen LogP contribution in [0.15, 0.2) is 18.2 Å². The van der Waals surface area contributed by atoms with Crippen LogP contribution in [-0.2, 0) is 9.53 Å². The first-order valence-corrected chi connectivity index (χ1v) is 6.89. The minimum atomic E-state index is -0.246. The molecule has 0 aliphatic carbocycles. The summed E-state index contributed by atoms with van der Waals surface area (Å²) in [5, 5.41) is 0. The third-order valence-corrected chi connectivity index (χ3v) is 4.05. The van der Waals surface area contributed by atoms with Gasteiger partial charge in [-0.05, 0) is 38.3 Å². The zero-order valence-corrected chi connectivity index (χ0v) is 12.1. The van der Waals surface area contributed by atoms with E-state index < -0.39 is 0 Å². The third kappa shape index (κ3) is 3.16. The Morgan fingerprint density at radius 2 is 2.00 bits per heavy atom. The molecule has 1 heterocycles. The fourth-order valence-corrected chi connectivity index (χ4v) is 2.88. The van der Waals surface area contributed by atoms with Crippen LogP contribution in [0.25, 0.3) is 0 Å². The van der Waals surface area contributed by atoms with Crippen molar-refractivity contribution in [2.45, 2.75) is 26.7 Å². The molecule has 0 spiro atoms. The van der Waals surface area contributed by atoms with Crippen molar-refractivity contribution in [3.05, 3.63) is 29.3 Å². The molecule has 0 atom stereocenters. The Hall–Kier alpha value is -1.35. The van der Waals surface area contributed by atoms with Gasteiger partial charge in [-0.25, -0.2) is 0 Å². The molecule has 0 aromatic heterocycles. The molecule has 1 saturated heterocycles. The summed E-state index contributed by atoms with van der Waals surface area (Å²) in [4.78, 5) is 13.7. The highest BCUT2D eigenvalue weighted by molar-refractivity contribution is 5.63. The molecule has 0 N–H and O–H groups in total. The van der Waals surface area contributed by atoms with E-state index in [9.17, 15) is 4.79 Å². The van der Waals surface area contributed by atoms with E-state index in [2.05, 4.69) is 44.0 Å². The predicted molar refractivity (Wildman–Crippen MR) is 77.7 cm³/mol. The highest BCUT2D eigenvalue weighted by Gasteiger charge is 2.33. The average Bonchev–Trinajstić information content (AvgIpc) is 2.39. The van der Waals surface area contributed by atoms with E-state index in [1.54, 1.807) is 0 Å². The number of aldehydes is 1. The van der Waals surface area contributed by atoms with Gasteiger partial charge in [0.1, 0.15) is 6.29 Å². The molecule has 1 aromatic carbocycles. The Labute approximate surface area is 115 Å². The van der Waals surface area contributed by atoms with E-state index in [1.165, 1.54) is 16.8 Å². The Balaban J connectivity index is 2.14. The summed E-state index contributed by atoms with van der Waals surface area (Å²) in [7, 11) is 2.07. The number of nitrogens with zero attached hydrogens (tertiary/aromatic N) is 1. The highest BCUT2D eigenvalue weighted by atomic mass is 16.5. The second kappa shape index (κ2) is 5.74. The number of hydrogen-bond donors (Lipinski definition) is 0. The normalized spacial score (nSPS) is 18.1. The standard InChI is InChI=1S/C16H23NO2/c1-13-4-5-15(14(2)10-13)17(3)11-16(12-18)6-8-19-9-7-16/h4-5,10,12H,6-9,11H2,1-3H3. The van der Waals surface area contributed by atoms with E-state index in [0.29, 0.717) is 13.2 Å². The molecular weight excluding hydrogens is 238 g/mol. The van der Waals surface area contributed by atoms with Crippen LogP contribution in [0, 0.1) is 19.3 Å². The largest absolute Gasteiger partial charge is 0.381 e. The molecule has 19 heavy (non-hydrogen) atoms. The lowest BCUT2D eigenvalue weighted by atomic mass is 9.81. The van der Waals surface area contributed by atoms with Crippen molar-refractivity contribution in [2.75, 3.05) is 31.7 Å². The van der Waals surface area contributed by atoms with Gasteiger partial charge in [-0.2, -0.15) is 0 Å². The zero-order chi connectivity index (χ0) is 13.9. The number of carbonyl (C=O) groups is 1. The second-order valence-electron chi connectivity index (χ2n) is 5.74. The van der Waals surface area contributed by atoms with Gasteiger partial charge in [0.05, 0.1) is 0 Å². The smallest absolute Gasteiger partial charge is 0.128 e. The zero-order valence-electron chi connectivity index (χ0n) is 12.1. The molecule has 1 aliphatic rings. The Bertz CT molecular complexity index is 450. The Morgan fingerprint density at radius 3 is 2.58 bits per heavy atom. The van der Waals surface area contributed by atoms with Crippen molar-refractivity contribution < 1.29 is 9.53 Å². The van der Waals surface area contributed by atoms with Crippen LogP contribution >= 0.6 is 0 Å². The van der Waals surface area contributed by atoms with Gasteiger partial charge in [-0.1, -0.05) is 17.7 Å². The minimum Gasteiger partial charge on any atom is -0.381 e. The fraction of sp³-hybridized carbons (Fsp3) is 0.562. The van der Waals surface area contributed by atoms with Crippen molar-refractivity contribution in [2.24, 2.45) is 5.41 Å². The van der Waals surface area contributed by atoms with Crippen molar-refractivity contribution in [3.63, 3.8) is 0 Å². The fourth-order valence-electron chi connectivity index (χ4n) is 2.88. The van der Waals surface area contributed by atoms with Crippen LogP contribution < -0.4 is 4.90 Å². The van der Waals surface area contributed by atoms with E-state index in [4.69, 9.17) is 4.74 Å². The number of carbonyl (C=O) groups excluding carboxylic acids is 1. The number of hydrogen-bond acceptors (Lipinski definition) is 3. The van der Waals surface area contributed by atoms with Crippen LogP contribution in [0.5, 0.6) is 0 Å². The summed E-state index contributed by atoms with van der Waals surface area (Å²) >= 11 is 0. The van der Waals surface area contributed by atoms with Gasteiger partial charge in [-0.15, -0.1) is 0 Å². The second-order valence-corrected chi connectivity index (χ2v) is 5.74.